The number of ether oxygens (including phenoxy) is 1. The minimum absolute atomic E-state index is 0.00118. The third-order valence-electron chi connectivity index (χ3n) is 8.69. The van der Waals surface area contributed by atoms with E-state index in [0.29, 0.717) is 57.6 Å². The number of hydrogen-bond acceptors (Lipinski definition) is 10. The van der Waals surface area contributed by atoms with Gasteiger partial charge in [0, 0.05) is 33.8 Å². The first kappa shape index (κ1) is 28.6. The zero-order valence-corrected chi connectivity index (χ0v) is 24.3. The molecule has 0 amide bonds. The highest BCUT2D eigenvalue weighted by Crippen LogP contribution is 2.53. The van der Waals surface area contributed by atoms with E-state index in [-0.39, 0.29) is 61.6 Å². The van der Waals surface area contributed by atoms with Crippen LogP contribution in [0.2, 0.25) is 0 Å². The van der Waals surface area contributed by atoms with Crippen molar-refractivity contribution in [2.75, 3.05) is 32.6 Å². The number of aliphatic hydroxyl groups is 2. The number of anilines is 1. The van der Waals surface area contributed by atoms with Crippen LogP contribution >= 0.6 is 0 Å². The number of fused-ring (bicyclic) bond motifs is 1. The third kappa shape index (κ3) is 3.80. The van der Waals surface area contributed by atoms with E-state index in [2.05, 4.69) is 10.6 Å². The number of rotatable bonds is 9. The largest absolute Gasteiger partial charge is 0.507 e. The van der Waals surface area contributed by atoms with Gasteiger partial charge in [-0.3, -0.25) is 14.4 Å². The Morgan fingerprint density at radius 3 is 1.98 bits per heavy atom. The summed E-state index contributed by atoms with van der Waals surface area (Å²) >= 11 is 0. The number of hydrogen-bond donors (Lipinski definition) is 6. The van der Waals surface area contributed by atoms with E-state index >= 15 is 0 Å². The van der Waals surface area contributed by atoms with E-state index in [4.69, 9.17) is 4.74 Å². The Morgan fingerprint density at radius 1 is 0.860 bits per heavy atom. The smallest absolute Gasteiger partial charge is 0.232 e. The van der Waals surface area contributed by atoms with Crippen molar-refractivity contribution >= 4 is 60.6 Å². The summed E-state index contributed by atoms with van der Waals surface area (Å²) in [5, 5.41) is 51.9. The fourth-order valence-electron chi connectivity index (χ4n) is 7.08. The van der Waals surface area contributed by atoms with E-state index in [9.17, 15) is 34.8 Å². The Labute approximate surface area is 245 Å². The third-order valence-corrected chi connectivity index (χ3v) is 8.69. The average Bonchev–Trinajstić information content (AvgIpc) is 3.10. The Bertz CT molecular complexity index is 2140. The molecule has 1 aliphatic rings. The number of methoxy groups -OCH3 is 1. The molecule has 0 radical (unpaired) electrons. The monoisotopic (exact) mass is 584 g/mol. The maximum absolute atomic E-state index is 14.3. The SMILES string of the molecule is CNCCCNc1c2c3c4c(c(OC)c(=O)c5c(O)cc(CO)c(c6c(CO)cc(O)c(c1=O)c63)c54)C(C(C)=O)C(C)=C2. The van der Waals surface area contributed by atoms with Gasteiger partial charge < -0.3 is 35.8 Å². The summed E-state index contributed by atoms with van der Waals surface area (Å²) in [7, 11) is 3.15. The molecule has 10 heteroatoms. The Morgan fingerprint density at radius 2 is 1.44 bits per heavy atom. The number of carbonyl (C=O) groups is 1. The van der Waals surface area contributed by atoms with Crippen LogP contribution in [0.4, 0.5) is 5.69 Å². The average molecular weight is 585 g/mol. The van der Waals surface area contributed by atoms with E-state index in [1.165, 1.54) is 26.2 Å². The molecular weight excluding hydrogens is 552 g/mol. The van der Waals surface area contributed by atoms with Gasteiger partial charge in [0.25, 0.3) is 0 Å². The normalized spacial score (nSPS) is 14.7. The van der Waals surface area contributed by atoms with Crippen LogP contribution in [0.1, 0.15) is 48.4 Å². The highest BCUT2D eigenvalue weighted by molar-refractivity contribution is 6.38. The Hall–Kier alpha value is -4.51. The van der Waals surface area contributed by atoms with Crippen LogP contribution in [0.5, 0.6) is 17.2 Å². The lowest BCUT2D eigenvalue weighted by Gasteiger charge is -2.25. The van der Waals surface area contributed by atoms with E-state index < -0.39 is 30.0 Å². The molecule has 0 spiro atoms. The van der Waals surface area contributed by atoms with Gasteiger partial charge in [-0.2, -0.15) is 0 Å². The van der Waals surface area contributed by atoms with E-state index in [1.807, 2.05) is 7.05 Å². The Balaban J connectivity index is 2.06. The summed E-state index contributed by atoms with van der Waals surface area (Å²) in [6, 6.07) is 2.61. The first-order chi connectivity index (χ1) is 20.6. The van der Waals surface area contributed by atoms with Gasteiger partial charge >= 0.3 is 0 Å². The number of aromatic hydroxyl groups is 2. The van der Waals surface area contributed by atoms with Crippen molar-refractivity contribution in [2.45, 2.75) is 39.4 Å². The van der Waals surface area contributed by atoms with Crippen LogP contribution < -0.4 is 26.2 Å². The molecule has 0 aliphatic heterocycles. The first-order valence-electron chi connectivity index (χ1n) is 14.1. The number of phenols is 2. The summed E-state index contributed by atoms with van der Waals surface area (Å²) in [6.45, 7) is 3.23. The standard InChI is InChI=1S/C33H32N2O8/c1-13-8-17-23-26-21(15(11-36)9-18(39)24(26)31(41)30(17)35-7-5-6-34-3)22-16(12-37)10-19(40)25-27(22)28(23)29(20(13)14(2)38)33(43-4)32(25)42/h8-10,20,34-37,39-40H,5-7,11-12H2,1-4H3. The maximum atomic E-state index is 14.3. The molecule has 1 aliphatic carbocycles. The molecule has 10 nitrogen and oxygen atoms in total. The molecule has 5 aromatic rings. The number of benzene rings is 5. The van der Waals surface area contributed by atoms with Crippen LogP contribution in [0.3, 0.4) is 0 Å². The molecule has 0 saturated carbocycles. The van der Waals surface area contributed by atoms with Crippen LogP contribution in [0.25, 0.3) is 49.2 Å². The maximum Gasteiger partial charge on any atom is 0.232 e. The molecule has 0 heterocycles. The second-order valence-electron chi connectivity index (χ2n) is 11.1. The highest BCUT2D eigenvalue weighted by atomic mass is 16.5. The molecule has 5 aromatic carbocycles. The zero-order valence-electron chi connectivity index (χ0n) is 24.3. The van der Waals surface area contributed by atoms with Gasteiger partial charge in [-0.25, -0.2) is 0 Å². The van der Waals surface area contributed by atoms with Crippen molar-refractivity contribution in [1.82, 2.24) is 5.32 Å². The molecule has 6 N–H and O–H groups in total. The van der Waals surface area contributed by atoms with Gasteiger partial charge in [-0.15, -0.1) is 0 Å². The second kappa shape index (κ2) is 10.3. The fraction of sp³-hybridized carbons (Fsp3) is 0.303. The highest BCUT2D eigenvalue weighted by Gasteiger charge is 2.36. The van der Waals surface area contributed by atoms with Crippen LogP contribution in [-0.4, -0.2) is 53.5 Å². The zero-order chi connectivity index (χ0) is 30.9. The molecule has 6 rings (SSSR count). The summed E-state index contributed by atoms with van der Waals surface area (Å²) in [6.07, 6.45) is 2.44. The fourth-order valence-corrected chi connectivity index (χ4v) is 7.08. The molecular formula is C33H32N2O8. The van der Waals surface area contributed by atoms with Gasteiger partial charge in [-0.1, -0.05) is 11.6 Å². The lowest BCUT2D eigenvalue weighted by Crippen LogP contribution is -2.19. The van der Waals surface area contributed by atoms with Gasteiger partial charge in [0.1, 0.15) is 17.3 Å². The van der Waals surface area contributed by atoms with Crippen LogP contribution in [0, 0.1) is 0 Å². The van der Waals surface area contributed by atoms with Crippen molar-refractivity contribution in [3.8, 4) is 17.2 Å². The minimum atomic E-state index is -0.930. The lowest BCUT2D eigenvalue weighted by molar-refractivity contribution is -0.117. The predicted octanol–water partition coefficient (Wildman–Crippen LogP) is 3.41. The lowest BCUT2D eigenvalue weighted by atomic mass is 9.79. The number of aliphatic hydroxyl groups excluding tert-OH is 2. The summed E-state index contributed by atoms with van der Waals surface area (Å²) in [4.78, 5) is 41.7. The van der Waals surface area contributed by atoms with Crippen LogP contribution in [-0.2, 0) is 18.0 Å². The van der Waals surface area contributed by atoms with Gasteiger partial charge in [0.2, 0.25) is 10.9 Å². The molecule has 1 unspecified atom stereocenters. The molecule has 1 atom stereocenters. The quantitative estimate of drug-likeness (QED) is 0.0859. The topological polar surface area (TPSA) is 165 Å². The summed E-state index contributed by atoms with van der Waals surface area (Å²) in [5.41, 5.74) is 0.957. The van der Waals surface area contributed by atoms with Crippen molar-refractivity contribution in [3.63, 3.8) is 0 Å². The Kier molecular flexibility index (Phi) is 6.88. The molecule has 0 saturated heterocycles. The molecule has 0 aromatic heterocycles. The summed E-state index contributed by atoms with van der Waals surface area (Å²) in [5.74, 6) is -2.02. The number of Topliss-reactive ketones (excluding diaryl/α,β-unsaturated/α-hetero) is 1. The number of ketones is 1. The predicted molar refractivity (Wildman–Crippen MR) is 167 cm³/mol. The van der Waals surface area contributed by atoms with Gasteiger partial charge in [0.15, 0.2) is 5.75 Å². The molecule has 0 bridgehead atoms. The molecule has 0 fully saturated rings. The number of nitrogens with one attached hydrogen (secondary N) is 2. The molecule has 222 valence electrons. The second-order valence-corrected chi connectivity index (χ2v) is 11.1. The first-order valence-corrected chi connectivity index (χ1v) is 14.1. The van der Waals surface area contributed by atoms with Gasteiger partial charge in [-0.05, 0) is 73.3 Å². The van der Waals surface area contributed by atoms with Crippen molar-refractivity contribution in [3.05, 3.63) is 60.4 Å². The number of carbonyl (C=O) groups excluding carboxylic acids is 1. The number of phenolic OH excluding ortho intramolecular Hbond substituents is 2. The van der Waals surface area contributed by atoms with E-state index in [0.717, 1.165) is 0 Å². The van der Waals surface area contributed by atoms with Crippen molar-refractivity contribution in [1.29, 1.82) is 0 Å². The van der Waals surface area contributed by atoms with Gasteiger partial charge in [0.05, 0.1) is 42.7 Å². The van der Waals surface area contributed by atoms with E-state index in [1.54, 1.807) is 13.0 Å². The minimum Gasteiger partial charge on any atom is -0.507 e. The molecule has 43 heavy (non-hydrogen) atoms. The van der Waals surface area contributed by atoms with Crippen molar-refractivity contribution < 1.29 is 30.0 Å². The van der Waals surface area contributed by atoms with Crippen molar-refractivity contribution in [2.24, 2.45) is 0 Å². The summed E-state index contributed by atoms with van der Waals surface area (Å²) < 4.78 is 5.68. The number of allylic oxidation sites excluding steroid dienone is 1. The van der Waals surface area contributed by atoms with Crippen LogP contribution in [0.15, 0.2) is 27.3 Å².